The van der Waals surface area contributed by atoms with E-state index in [1.54, 1.807) is 0 Å². The number of methoxy groups -OCH3 is 1. The summed E-state index contributed by atoms with van der Waals surface area (Å²) in [5.74, 6) is -4.55. The van der Waals surface area contributed by atoms with Gasteiger partial charge in [-0.1, -0.05) is 6.92 Å². The fraction of sp³-hybridized carbons (Fsp3) is 0.778. The summed E-state index contributed by atoms with van der Waals surface area (Å²) in [7, 11) is 1.08. The molecule has 0 saturated heterocycles. The van der Waals surface area contributed by atoms with Crippen LogP contribution in [0.4, 0.5) is 8.78 Å². The predicted octanol–water partition coefficient (Wildman–Crippen LogP) is 0.593. The summed E-state index contributed by atoms with van der Waals surface area (Å²) in [5.41, 5.74) is 5.22. The molecule has 0 aromatic carbocycles. The maximum absolute atomic E-state index is 12.6. The highest BCUT2D eigenvalue weighted by Gasteiger charge is 2.39. The van der Waals surface area contributed by atoms with Gasteiger partial charge in [-0.3, -0.25) is 9.59 Å². The Kier molecular flexibility index (Phi) is 5.35. The Morgan fingerprint density at radius 3 is 2.00 bits per heavy atom. The average Bonchev–Trinajstić information content (AvgIpc) is 2.15. The third-order valence-corrected chi connectivity index (χ3v) is 2.16. The van der Waals surface area contributed by atoms with Crippen molar-refractivity contribution in [1.82, 2.24) is 0 Å². The molecule has 6 heteroatoms. The first-order chi connectivity index (χ1) is 6.82. The Hall–Kier alpha value is -1.04. The van der Waals surface area contributed by atoms with E-state index in [1.807, 2.05) is 0 Å². The number of hydrogen-bond acceptors (Lipinski definition) is 4. The van der Waals surface area contributed by atoms with E-state index in [0.29, 0.717) is 0 Å². The highest BCUT2D eigenvalue weighted by Crippen LogP contribution is 2.23. The quantitative estimate of drug-likeness (QED) is 0.693. The monoisotopic (exact) mass is 223 g/mol. The van der Waals surface area contributed by atoms with Crippen molar-refractivity contribution < 1.29 is 23.1 Å². The largest absolute Gasteiger partial charge is 0.469 e. The van der Waals surface area contributed by atoms with Crippen LogP contribution < -0.4 is 5.73 Å². The third-order valence-electron chi connectivity index (χ3n) is 2.16. The molecule has 3 atom stereocenters. The first-order valence-electron chi connectivity index (χ1n) is 4.48. The molecule has 0 radical (unpaired) electrons. The van der Waals surface area contributed by atoms with E-state index >= 15 is 0 Å². The van der Waals surface area contributed by atoms with Crippen LogP contribution in [-0.4, -0.2) is 31.3 Å². The Bertz CT molecular complexity index is 244. The van der Waals surface area contributed by atoms with Crippen LogP contribution in [0.1, 0.15) is 13.8 Å². The van der Waals surface area contributed by atoms with Crippen molar-refractivity contribution in [2.75, 3.05) is 7.11 Å². The summed E-state index contributed by atoms with van der Waals surface area (Å²) in [5, 5.41) is 0. The Morgan fingerprint density at radius 2 is 1.73 bits per heavy atom. The number of alkyl halides is 2. The average molecular weight is 223 g/mol. The number of esters is 1. The molecule has 0 bridgehead atoms. The van der Waals surface area contributed by atoms with Crippen LogP contribution >= 0.6 is 0 Å². The van der Waals surface area contributed by atoms with E-state index in [-0.39, 0.29) is 0 Å². The lowest BCUT2D eigenvalue weighted by Gasteiger charge is -2.21. The zero-order valence-corrected chi connectivity index (χ0v) is 8.87. The van der Waals surface area contributed by atoms with Gasteiger partial charge >= 0.3 is 5.97 Å². The van der Waals surface area contributed by atoms with Gasteiger partial charge in [0.2, 0.25) is 6.43 Å². The van der Waals surface area contributed by atoms with E-state index in [1.165, 1.54) is 13.8 Å². The van der Waals surface area contributed by atoms with Crippen LogP contribution in [-0.2, 0) is 14.3 Å². The van der Waals surface area contributed by atoms with Gasteiger partial charge in [-0.05, 0) is 6.92 Å². The molecule has 0 rings (SSSR count). The lowest BCUT2D eigenvalue weighted by Crippen LogP contribution is -2.42. The maximum atomic E-state index is 12.6. The van der Waals surface area contributed by atoms with E-state index in [9.17, 15) is 18.4 Å². The Balaban J connectivity index is 4.82. The molecule has 0 aliphatic rings. The molecule has 0 amide bonds. The van der Waals surface area contributed by atoms with E-state index < -0.39 is 36.1 Å². The molecule has 4 nitrogen and oxygen atoms in total. The van der Waals surface area contributed by atoms with Gasteiger partial charge in [0.15, 0.2) is 5.78 Å². The number of halogens is 2. The second-order valence-corrected chi connectivity index (χ2v) is 3.36. The molecule has 0 aromatic rings. The zero-order valence-electron chi connectivity index (χ0n) is 8.87. The zero-order chi connectivity index (χ0) is 12.2. The summed E-state index contributed by atoms with van der Waals surface area (Å²) >= 11 is 0. The molecular formula is C9H15F2NO3. The van der Waals surface area contributed by atoms with E-state index in [4.69, 9.17) is 5.73 Å². The van der Waals surface area contributed by atoms with Crippen LogP contribution in [0.15, 0.2) is 0 Å². The summed E-state index contributed by atoms with van der Waals surface area (Å²) in [6.45, 7) is 2.53. The van der Waals surface area contributed by atoms with Crippen LogP contribution in [0.3, 0.4) is 0 Å². The van der Waals surface area contributed by atoms with E-state index in [2.05, 4.69) is 4.74 Å². The molecule has 0 aliphatic heterocycles. The SMILES string of the molecule is COC(=O)C(C)C(C(=O)C(C)N)C(F)F. The number of carbonyl (C=O) groups excluding carboxylic acids is 2. The van der Waals surface area contributed by atoms with Crippen molar-refractivity contribution >= 4 is 11.8 Å². The number of carbonyl (C=O) groups is 2. The topological polar surface area (TPSA) is 69.4 Å². The molecule has 0 spiro atoms. The van der Waals surface area contributed by atoms with Crippen molar-refractivity contribution in [2.24, 2.45) is 17.6 Å². The van der Waals surface area contributed by atoms with Crippen LogP contribution in [0, 0.1) is 11.8 Å². The highest BCUT2D eigenvalue weighted by molar-refractivity contribution is 5.90. The normalized spacial score (nSPS) is 17.0. The number of Topliss-reactive ketones (excluding diaryl/α,β-unsaturated/α-hetero) is 1. The summed E-state index contributed by atoms with van der Waals surface area (Å²) in [6, 6.07) is -1.02. The number of ketones is 1. The van der Waals surface area contributed by atoms with Gasteiger partial charge in [-0.25, -0.2) is 8.78 Å². The van der Waals surface area contributed by atoms with Crippen molar-refractivity contribution in [3.63, 3.8) is 0 Å². The molecule has 0 fully saturated rings. The Morgan fingerprint density at radius 1 is 1.27 bits per heavy atom. The molecular weight excluding hydrogens is 208 g/mol. The van der Waals surface area contributed by atoms with Crippen molar-refractivity contribution in [1.29, 1.82) is 0 Å². The second kappa shape index (κ2) is 5.75. The lowest BCUT2D eigenvalue weighted by molar-refractivity contribution is -0.153. The molecule has 88 valence electrons. The minimum absolute atomic E-state index is 0.831. The van der Waals surface area contributed by atoms with Gasteiger partial charge in [0.1, 0.15) is 0 Å². The van der Waals surface area contributed by atoms with Gasteiger partial charge in [0.25, 0.3) is 0 Å². The number of nitrogens with two attached hydrogens (primary N) is 1. The maximum Gasteiger partial charge on any atom is 0.309 e. The summed E-state index contributed by atoms with van der Waals surface area (Å²) in [6.07, 6.45) is -2.92. The first-order valence-corrected chi connectivity index (χ1v) is 4.48. The predicted molar refractivity (Wildman–Crippen MR) is 49.3 cm³/mol. The molecule has 0 aromatic heterocycles. The molecule has 0 saturated carbocycles. The lowest BCUT2D eigenvalue weighted by atomic mass is 9.87. The summed E-state index contributed by atoms with van der Waals surface area (Å²) < 4.78 is 29.5. The smallest absolute Gasteiger partial charge is 0.309 e. The van der Waals surface area contributed by atoms with E-state index in [0.717, 1.165) is 7.11 Å². The Labute approximate surface area is 86.8 Å². The standard InChI is InChI=1S/C9H15F2NO3/c1-4(9(14)15-3)6(8(10)11)7(13)5(2)12/h4-6,8H,12H2,1-3H3. The molecule has 0 aliphatic carbocycles. The van der Waals surface area contributed by atoms with Gasteiger partial charge in [-0.2, -0.15) is 0 Å². The number of hydrogen-bond donors (Lipinski definition) is 1. The highest BCUT2D eigenvalue weighted by atomic mass is 19.3. The van der Waals surface area contributed by atoms with Gasteiger partial charge in [0, 0.05) is 0 Å². The van der Waals surface area contributed by atoms with Gasteiger partial charge < -0.3 is 10.5 Å². The molecule has 3 unspecified atom stereocenters. The number of ether oxygens (including phenoxy) is 1. The van der Waals surface area contributed by atoms with Crippen molar-refractivity contribution in [3.05, 3.63) is 0 Å². The fourth-order valence-electron chi connectivity index (χ4n) is 1.22. The van der Waals surface area contributed by atoms with Crippen LogP contribution in [0.2, 0.25) is 0 Å². The fourth-order valence-corrected chi connectivity index (χ4v) is 1.22. The van der Waals surface area contributed by atoms with Crippen LogP contribution in [0.5, 0.6) is 0 Å². The third kappa shape index (κ3) is 3.54. The van der Waals surface area contributed by atoms with Gasteiger partial charge in [-0.15, -0.1) is 0 Å². The van der Waals surface area contributed by atoms with Crippen molar-refractivity contribution in [2.45, 2.75) is 26.3 Å². The number of rotatable bonds is 5. The molecule has 2 N–H and O–H groups in total. The second-order valence-electron chi connectivity index (χ2n) is 3.36. The first kappa shape index (κ1) is 14.0. The van der Waals surface area contributed by atoms with Crippen LogP contribution in [0.25, 0.3) is 0 Å². The summed E-state index contributed by atoms with van der Waals surface area (Å²) in [4.78, 5) is 22.4. The minimum Gasteiger partial charge on any atom is -0.469 e. The minimum atomic E-state index is -2.92. The molecule has 15 heavy (non-hydrogen) atoms. The van der Waals surface area contributed by atoms with Gasteiger partial charge in [0.05, 0.1) is 25.0 Å². The van der Waals surface area contributed by atoms with Crippen molar-refractivity contribution in [3.8, 4) is 0 Å². The molecule has 0 heterocycles.